The number of nitrogens with two attached hydrogens (primary N) is 1. The number of rotatable bonds is 4. The number of aryl methyl sites for hydroxylation is 1. The summed E-state index contributed by atoms with van der Waals surface area (Å²) < 4.78 is 0. The second-order valence-corrected chi connectivity index (χ2v) is 4.94. The van der Waals surface area contributed by atoms with Gasteiger partial charge in [-0.1, -0.05) is 41.4 Å². The number of hydrogen-bond acceptors (Lipinski definition) is 3. The van der Waals surface area contributed by atoms with Crippen LogP contribution >= 0.6 is 11.6 Å². The van der Waals surface area contributed by atoms with Crippen LogP contribution in [-0.2, 0) is 6.54 Å². The number of nitrogens with one attached hydrogen (secondary N) is 2. The third kappa shape index (κ3) is 3.50. The number of carbonyl (C=O) groups excluding carboxylic acids is 1. The Hall–Kier alpha value is -2.04. The molecule has 0 radical (unpaired) electrons. The van der Waals surface area contributed by atoms with Gasteiger partial charge in [-0.25, -0.2) is 0 Å². The van der Waals surface area contributed by atoms with E-state index in [4.69, 9.17) is 17.4 Å². The third-order valence-electron chi connectivity index (χ3n) is 2.92. The first-order valence-electron chi connectivity index (χ1n) is 6.20. The monoisotopic (exact) mass is 289 g/mol. The van der Waals surface area contributed by atoms with E-state index in [1.807, 2.05) is 31.2 Å². The van der Waals surface area contributed by atoms with E-state index in [0.717, 1.165) is 11.1 Å². The summed E-state index contributed by atoms with van der Waals surface area (Å²) in [5, 5.41) is 3.34. The predicted molar refractivity (Wildman–Crippen MR) is 81.6 cm³/mol. The van der Waals surface area contributed by atoms with E-state index in [1.54, 1.807) is 18.2 Å². The summed E-state index contributed by atoms with van der Waals surface area (Å²) in [4.78, 5) is 12.2. The van der Waals surface area contributed by atoms with Gasteiger partial charge < -0.3 is 10.7 Å². The van der Waals surface area contributed by atoms with Crippen molar-refractivity contribution in [1.82, 2.24) is 5.32 Å². The molecule has 0 spiro atoms. The highest BCUT2D eigenvalue weighted by atomic mass is 35.5. The standard InChI is InChI=1S/C15H16ClN3O/c1-10-3-2-4-11(7-10)9-18-15(20)13-8-12(16)5-6-14(13)19-17/h2-8,19H,9,17H2,1H3,(H,18,20). The van der Waals surface area contributed by atoms with Crippen LogP contribution in [0.2, 0.25) is 5.02 Å². The Morgan fingerprint density at radius 2 is 2.05 bits per heavy atom. The van der Waals surface area contributed by atoms with E-state index >= 15 is 0 Å². The van der Waals surface area contributed by atoms with Crippen LogP contribution in [0.15, 0.2) is 42.5 Å². The van der Waals surface area contributed by atoms with Gasteiger partial charge in [-0.15, -0.1) is 0 Å². The molecule has 2 rings (SSSR count). The van der Waals surface area contributed by atoms with Crippen molar-refractivity contribution in [3.63, 3.8) is 0 Å². The Bertz CT molecular complexity index is 628. The first-order chi connectivity index (χ1) is 9.60. The molecule has 0 heterocycles. The number of hydrazine groups is 1. The Balaban J connectivity index is 2.10. The molecule has 5 heteroatoms. The Morgan fingerprint density at radius 3 is 2.75 bits per heavy atom. The Labute approximate surface area is 122 Å². The zero-order chi connectivity index (χ0) is 14.5. The number of benzene rings is 2. The second-order valence-electron chi connectivity index (χ2n) is 4.51. The van der Waals surface area contributed by atoms with E-state index in [1.165, 1.54) is 0 Å². The van der Waals surface area contributed by atoms with Crippen LogP contribution in [0.25, 0.3) is 0 Å². The number of nitrogen functional groups attached to an aromatic ring is 1. The van der Waals surface area contributed by atoms with Gasteiger partial charge in [0.2, 0.25) is 0 Å². The zero-order valence-corrected chi connectivity index (χ0v) is 11.9. The fraction of sp³-hybridized carbons (Fsp3) is 0.133. The summed E-state index contributed by atoms with van der Waals surface area (Å²) in [7, 11) is 0. The van der Waals surface area contributed by atoms with Crippen molar-refractivity contribution in [1.29, 1.82) is 0 Å². The lowest BCUT2D eigenvalue weighted by Crippen LogP contribution is -2.24. The van der Waals surface area contributed by atoms with Crippen molar-refractivity contribution in [2.75, 3.05) is 5.43 Å². The molecule has 2 aromatic rings. The number of carbonyl (C=O) groups is 1. The second kappa shape index (κ2) is 6.41. The molecule has 0 aliphatic rings. The fourth-order valence-corrected chi connectivity index (χ4v) is 2.10. The van der Waals surface area contributed by atoms with E-state index in [0.29, 0.717) is 22.8 Å². The maximum atomic E-state index is 12.2. The molecule has 104 valence electrons. The van der Waals surface area contributed by atoms with Crippen molar-refractivity contribution in [2.45, 2.75) is 13.5 Å². The third-order valence-corrected chi connectivity index (χ3v) is 3.15. The van der Waals surface area contributed by atoms with Gasteiger partial charge in [0.15, 0.2) is 0 Å². The van der Waals surface area contributed by atoms with Crippen LogP contribution in [0.3, 0.4) is 0 Å². The van der Waals surface area contributed by atoms with E-state index < -0.39 is 0 Å². The SMILES string of the molecule is Cc1cccc(CNC(=O)c2cc(Cl)ccc2NN)c1. The molecule has 4 N–H and O–H groups in total. The minimum atomic E-state index is -0.220. The first kappa shape index (κ1) is 14.4. The van der Waals surface area contributed by atoms with E-state index in [2.05, 4.69) is 10.7 Å². The molecule has 2 aromatic carbocycles. The minimum absolute atomic E-state index is 0.220. The van der Waals surface area contributed by atoms with Crippen molar-refractivity contribution < 1.29 is 4.79 Å². The summed E-state index contributed by atoms with van der Waals surface area (Å²) >= 11 is 5.91. The topological polar surface area (TPSA) is 67.2 Å². The van der Waals surface area contributed by atoms with Crippen LogP contribution in [0.4, 0.5) is 5.69 Å². The number of halogens is 1. The largest absolute Gasteiger partial charge is 0.348 e. The zero-order valence-electron chi connectivity index (χ0n) is 11.1. The number of hydrogen-bond donors (Lipinski definition) is 3. The van der Waals surface area contributed by atoms with Crippen LogP contribution in [0, 0.1) is 6.92 Å². The Kier molecular flexibility index (Phi) is 4.61. The maximum Gasteiger partial charge on any atom is 0.253 e. The molecule has 0 saturated carbocycles. The average Bonchev–Trinajstić information content (AvgIpc) is 2.45. The van der Waals surface area contributed by atoms with Crippen LogP contribution in [-0.4, -0.2) is 5.91 Å². The lowest BCUT2D eigenvalue weighted by atomic mass is 10.1. The summed E-state index contributed by atoms with van der Waals surface area (Å²) in [5.41, 5.74) is 5.65. The first-order valence-corrected chi connectivity index (χ1v) is 6.58. The van der Waals surface area contributed by atoms with Gasteiger partial charge >= 0.3 is 0 Å². The van der Waals surface area contributed by atoms with Gasteiger partial charge in [0.25, 0.3) is 5.91 Å². The molecule has 0 aliphatic heterocycles. The van der Waals surface area contributed by atoms with Gasteiger partial charge in [-0.05, 0) is 30.7 Å². The van der Waals surface area contributed by atoms with Gasteiger partial charge in [0, 0.05) is 11.6 Å². The summed E-state index contributed by atoms with van der Waals surface area (Å²) in [6, 6.07) is 12.9. The molecule has 0 saturated heterocycles. The summed E-state index contributed by atoms with van der Waals surface area (Å²) in [5.74, 6) is 5.17. The van der Waals surface area contributed by atoms with E-state index in [-0.39, 0.29) is 5.91 Å². The van der Waals surface area contributed by atoms with Crippen molar-refractivity contribution >= 4 is 23.2 Å². The van der Waals surface area contributed by atoms with Crippen LogP contribution in [0.5, 0.6) is 0 Å². The van der Waals surface area contributed by atoms with Crippen molar-refractivity contribution in [2.24, 2.45) is 5.84 Å². The molecular formula is C15H16ClN3O. The molecule has 4 nitrogen and oxygen atoms in total. The quantitative estimate of drug-likeness (QED) is 0.599. The Morgan fingerprint density at radius 1 is 1.25 bits per heavy atom. The van der Waals surface area contributed by atoms with Gasteiger partial charge in [-0.2, -0.15) is 0 Å². The fourth-order valence-electron chi connectivity index (χ4n) is 1.93. The van der Waals surface area contributed by atoms with Crippen LogP contribution < -0.4 is 16.6 Å². The van der Waals surface area contributed by atoms with Crippen LogP contribution in [0.1, 0.15) is 21.5 Å². The predicted octanol–water partition coefficient (Wildman–Crippen LogP) is 2.86. The highest BCUT2D eigenvalue weighted by molar-refractivity contribution is 6.31. The number of anilines is 1. The normalized spacial score (nSPS) is 10.2. The molecule has 0 bridgehead atoms. The summed E-state index contributed by atoms with van der Waals surface area (Å²) in [6.07, 6.45) is 0. The molecular weight excluding hydrogens is 274 g/mol. The molecule has 1 amide bonds. The maximum absolute atomic E-state index is 12.2. The molecule has 0 aliphatic carbocycles. The van der Waals surface area contributed by atoms with E-state index in [9.17, 15) is 4.79 Å². The lowest BCUT2D eigenvalue weighted by molar-refractivity contribution is 0.0951. The van der Waals surface area contributed by atoms with Crippen molar-refractivity contribution in [3.05, 3.63) is 64.2 Å². The highest BCUT2D eigenvalue weighted by Crippen LogP contribution is 2.19. The molecule has 20 heavy (non-hydrogen) atoms. The smallest absolute Gasteiger partial charge is 0.253 e. The molecule has 0 atom stereocenters. The van der Waals surface area contributed by atoms with Gasteiger partial charge in [-0.3, -0.25) is 10.6 Å². The van der Waals surface area contributed by atoms with Crippen molar-refractivity contribution in [3.8, 4) is 0 Å². The lowest BCUT2D eigenvalue weighted by Gasteiger charge is -2.10. The molecule has 0 unspecified atom stereocenters. The van der Waals surface area contributed by atoms with Gasteiger partial charge in [0.05, 0.1) is 11.3 Å². The average molecular weight is 290 g/mol. The molecule has 0 fully saturated rings. The highest BCUT2D eigenvalue weighted by Gasteiger charge is 2.11. The number of amides is 1. The summed E-state index contributed by atoms with van der Waals surface area (Å²) in [6.45, 7) is 2.47. The molecule has 0 aromatic heterocycles. The minimum Gasteiger partial charge on any atom is -0.348 e. The van der Waals surface area contributed by atoms with Gasteiger partial charge in [0.1, 0.15) is 0 Å².